The van der Waals surface area contributed by atoms with E-state index in [2.05, 4.69) is 16.1 Å². The van der Waals surface area contributed by atoms with E-state index in [-0.39, 0.29) is 24.2 Å². The van der Waals surface area contributed by atoms with Crippen molar-refractivity contribution in [2.24, 2.45) is 0 Å². The van der Waals surface area contributed by atoms with Gasteiger partial charge in [-0.3, -0.25) is 9.59 Å². The second-order valence-electron chi connectivity index (χ2n) is 1.57. The van der Waals surface area contributed by atoms with Crippen molar-refractivity contribution >= 4 is 40.4 Å². The average molecular weight is 214 g/mol. The Labute approximate surface area is 67.1 Å². The Morgan fingerprint density at radius 3 is 1.67 bits per heavy atom. The number of nitrogens with zero attached hydrogens (tertiary/aromatic N) is 1. The van der Waals surface area contributed by atoms with Gasteiger partial charge in [0.1, 0.15) is 0 Å². The van der Waals surface area contributed by atoms with Crippen molar-refractivity contribution in [1.29, 1.82) is 0 Å². The average Bonchev–Trinajstić information content (AvgIpc) is 1.98. The highest BCUT2D eigenvalue weighted by molar-refractivity contribution is 9.08. The highest BCUT2D eigenvalue weighted by Crippen LogP contribution is 2.14. The van der Waals surface area contributed by atoms with Crippen LogP contribution in [0.1, 0.15) is 12.8 Å². The minimum absolute atomic E-state index is 0. The maximum Gasteiger partial charge on any atom is 0.239 e. The molecule has 0 aromatic heterocycles. The lowest BCUT2D eigenvalue weighted by Gasteiger charge is -1.97. The summed E-state index contributed by atoms with van der Waals surface area (Å²) in [5.74, 6) is -0.287. The minimum atomic E-state index is -0.144. The standard InChI is InChI=1S/C4H4BrNO2.ClH/c5-6-3(7)1-2-4(6)8;/h1-2H2;1H. The summed E-state index contributed by atoms with van der Waals surface area (Å²) in [5.41, 5.74) is 0. The summed E-state index contributed by atoms with van der Waals surface area (Å²) in [4.78, 5) is 20.9. The van der Waals surface area contributed by atoms with E-state index in [1.165, 1.54) is 0 Å². The molecule has 0 unspecified atom stereocenters. The molecule has 2 amide bonds. The topological polar surface area (TPSA) is 37.4 Å². The molecular formula is C4H5BrClNO2. The van der Waals surface area contributed by atoms with Gasteiger partial charge in [0.05, 0.1) is 16.1 Å². The van der Waals surface area contributed by atoms with Gasteiger partial charge in [-0.15, -0.1) is 12.4 Å². The maximum atomic E-state index is 10.4. The number of amides is 2. The van der Waals surface area contributed by atoms with Gasteiger partial charge >= 0.3 is 0 Å². The van der Waals surface area contributed by atoms with Crippen molar-refractivity contribution in [2.75, 3.05) is 0 Å². The summed E-state index contributed by atoms with van der Waals surface area (Å²) in [6.45, 7) is 0. The molecule has 9 heavy (non-hydrogen) atoms. The first-order valence-corrected chi connectivity index (χ1v) is 2.94. The molecule has 5 heteroatoms. The Kier molecular flexibility index (Phi) is 3.14. The van der Waals surface area contributed by atoms with Crippen LogP contribution >= 0.6 is 28.6 Å². The van der Waals surface area contributed by atoms with Crippen LogP contribution in [-0.2, 0) is 9.59 Å². The first-order valence-electron chi connectivity index (χ1n) is 2.23. The van der Waals surface area contributed by atoms with Gasteiger partial charge in [-0.2, -0.15) is 0 Å². The molecule has 1 saturated heterocycles. The first-order chi connectivity index (χ1) is 3.72. The van der Waals surface area contributed by atoms with Crippen LogP contribution in [0.2, 0.25) is 0 Å². The van der Waals surface area contributed by atoms with E-state index < -0.39 is 0 Å². The van der Waals surface area contributed by atoms with Crippen LogP contribution in [0.5, 0.6) is 0 Å². The molecule has 0 bridgehead atoms. The molecule has 0 aromatic carbocycles. The third kappa shape index (κ3) is 1.66. The summed E-state index contributed by atoms with van der Waals surface area (Å²) >= 11 is 2.80. The molecule has 0 aromatic rings. The van der Waals surface area contributed by atoms with E-state index in [1.807, 2.05) is 0 Å². The quantitative estimate of drug-likeness (QED) is 0.443. The van der Waals surface area contributed by atoms with Crippen LogP contribution < -0.4 is 0 Å². The third-order valence-corrected chi connectivity index (χ3v) is 1.78. The minimum Gasteiger partial charge on any atom is -0.274 e. The van der Waals surface area contributed by atoms with Gasteiger partial charge in [-0.25, -0.2) is 3.93 Å². The van der Waals surface area contributed by atoms with Gasteiger partial charge in [0, 0.05) is 12.8 Å². The summed E-state index contributed by atoms with van der Waals surface area (Å²) in [6, 6.07) is 0. The van der Waals surface area contributed by atoms with E-state index in [9.17, 15) is 9.59 Å². The lowest BCUT2D eigenvalue weighted by Crippen LogP contribution is -2.16. The number of hydrogen-bond acceptors (Lipinski definition) is 2. The molecule has 0 spiro atoms. The number of carbonyl (C=O) groups excluding carboxylic acids is 2. The summed E-state index contributed by atoms with van der Waals surface area (Å²) in [5, 5.41) is 0. The molecule has 1 fully saturated rings. The van der Waals surface area contributed by atoms with Gasteiger partial charge in [-0.05, 0) is 0 Å². The second-order valence-corrected chi connectivity index (χ2v) is 2.28. The predicted molar refractivity (Wildman–Crippen MR) is 37.3 cm³/mol. The van der Waals surface area contributed by atoms with Crippen molar-refractivity contribution in [3.05, 3.63) is 0 Å². The van der Waals surface area contributed by atoms with Gasteiger partial charge in [0.25, 0.3) is 0 Å². The molecule has 52 valence electrons. The van der Waals surface area contributed by atoms with E-state index in [0.717, 1.165) is 3.93 Å². The summed E-state index contributed by atoms with van der Waals surface area (Å²) in [6.07, 6.45) is 0.703. The molecule has 1 aliphatic heterocycles. The van der Waals surface area contributed by atoms with Crippen molar-refractivity contribution in [3.8, 4) is 0 Å². The zero-order valence-corrected chi connectivity index (χ0v) is 6.87. The van der Waals surface area contributed by atoms with Gasteiger partial charge in [0.15, 0.2) is 0 Å². The summed E-state index contributed by atoms with van der Waals surface area (Å²) < 4.78 is 0.979. The Morgan fingerprint density at radius 1 is 1.22 bits per heavy atom. The lowest BCUT2D eigenvalue weighted by atomic mass is 10.4. The maximum absolute atomic E-state index is 10.4. The highest BCUT2D eigenvalue weighted by Gasteiger charge is 2.26. The van der Waals surface area contributed by atoms with Crippen LogP contribution in [0.25, 0.3) is 0 Å². The monoisotopic (exact) mass is 213 g/mol. The van der Waals surface area contributed by atoms with Gasteiger partial charge < -0.3 is 0 Å². The number of hydrogen-bond donors (Lipinski definition) is 0. The molecule has 0 aliphatic carbocycles. The van der Waals surface area contributed by atoms with Gasteiger partial charge in [0.2, 0.25) is 11.8 Å². The van der Waals surface area contributed by atoms with Crippen LogP contribution in [0, 0.1) is 0 Å². The van der Waals surface area contributed by atoms with Crippen LogP contribution in [0.4, 0.5) is 0 Å². The number of imide groups is 1. The zero-order chi connectivity index (χ0) is 6.15. The van der Waals surface area contributed by atoms with E-state index >= 15 is 0 Å². The largest absolute Gasteiger partial charge is 0.274 e. The number of halogens is 2. The zero-order valence-electron chi connectivity index (χ0n) is 4.46. The first kappa shape index (κ1) is 8.91. The van der Waals surface area contributed by atoms with Crippen molar-refractivity contribution in [3.63, 3.8) is 0 Å². The normalized spacial score (nSPS) is 18.1. The van der Waals surface area contributed by atoms with Crippen LogP contribution in [0.15, 0.2) is 0 Å². The molecule has 0 radical (unpaired) electrons. The van der Waals surface area contributed by atoms with Crippen LogP contribution in [0.3, 0.4) is 0 Å². The lowest BCUT2D eigenvalue weighted by molar-refractivity contribution is -0.131. The van der Waals surface area contributed by atoms with E-state index in [0.29, 0.717) is 12.8 Å². The van der Waals surface area contributed by atoms with Crippen LogP contribution in [-0.4, -0.2) is 15.7 Å². The predicted octanol–water partition coefficient (Wildman–Crippen LogP) is 0.867. The molecular weight excluding hydrogens is 209 g/mol. The van der Waals surface area contributed by atoms with Crippen molar-refractivity contribution in [2.45, 2.75) is 12.8 Å². The Hall–Kier alpha value is -0.0900. The van der Waals surface area contributed by atoms with Crippen molar-refractivity contribution < 1.29 is 9.59 Å². The Morgan fingerprint density at radius 2 is 1.56 bits per heavy atom. The smallest absolute Gasteiger partial charge is 0.239 e. The van der Waals surface area contributed by atoms with E-state index in [1.54, 1.807) is 0 Å². The fraction of sp³-hybridized carbons (Fsp3) is 0.500. The Bertz CT molecular complexity index is 134. The van der Waals surface area contributed by atoms with E-state index in [4.69, 9.17) is 0 Å². The third-order valence-electron chi connectivity index (χ3n) is 0.991. The Balaban J connectivity index is 0.000000640. The van der Waals surface area contributed by atoms with Gasteiger partial charge in [-0.1, -0.05) is 0 Å². The molecule has 1 heterocycles. The second kappa shape index (κ2) is 3.17. The molecule has 1 rings (SSSR count). The molecule has 1 aliphatic rings. The summed E-state index contributed by atoms with van der Waals surface area (Å²) in [7, 11) is 0. The molecule has 3 nitrogen and oxygen atoms in total. The van der Waals surface area contributed by atoms with Crippen molar-refractivity contribution in [1.82, 2.24) is 3.93 Å². The highest BCUT2D eigenvalue weighted by atomic mass is 79.9. The number of carbonyl (C=O) groups is 2. The fourth-order valence-corrected chi connectivity index (χ4v) is 0.904. The molecule has 0 saturated carbocycles. The molecule has 0 atom stereocenters. The SMILES string of the molecule is Cl.O=C1CCC(=O)N1Br. The molecule has 0 N–H and O–H groups in total. The fourth-order valence-electron chi connectivity index (χ4n) is 0.549. The number of rotatable bonds is 0.